The molecule has 2 aromatic rings. The lowest BCUT2D eigenvalue weighted by atomic mass is 10.0. The second-order valence-electron chi connectivity index (χ2n) is 6.26. The number of carbonyl (C=O) groups is 2. The zero-order valence-corrected chi connectivity index (χ0v) is 15.5. The number of esters is 1. The maximum absolute atomic E-state index is 12.9. The zero-order chi connectivity index (χ0) is 19.4. The number of nitrogens with zero attached hydrogens (tertiary/aromatic N) is 3. The fourth-order valence-electron chi connectivity index (χ4n) is 3.18. The van der Waals surface area contributed by atoms with E-state index in [0.717, 1.165) is 16.8 Å². The van der Waals surface area contributed by atoms with E-state index in [9.17, 15) is 9.59 Å². The summed E-state index contributed by atoms with van der Waals surface area (Å²) in [5.41, 5.74) is 3.97. The number of amides is 1. The summed E-state index contributed by atoms with van der Waals surface area (Å²) < 4.78 is 4.83. The minimum Gasteiger partial charge on any atom is -0.467 e. The highest BCUT2D eigenvalue weighted by atomic mass is 16.6. The van der Waals surface area contributed by atoms with Crippen molar-refractivity contribution in [1.29, 1.82) is 0 Å². The van der Waals surface area contributed by atoms with Gasteiger partial charge < -0.3 is 14.5 Å². The summed E-state index contributed by atoms with van der Waals surface area (Å²) in [6.45, 7) is 2.22. The second kappa shape index (κ2) is 7.99. The molecule has 0 radical (unpaired) electrons. The molecule has 2 heterocycles. The maximum atomic E-state index is 12.9. The van der Waals surface area contributed by atoms with Crippen molar-refractivity contribution in [2.75, 3.05) is 20.8 Å². The van der Waals surface area contributed by atoms with E-state index in [1.54, 1.807) is 18.3 Å². The molecule has 0 N–H and O–H groups in total. The fraction of sp³-hybridized carbons (Fsp3) is 0.300. The van der Waals surface area contributed by atoms with Crippen LogP contribution in [-0.2, 0) is 14.4 Å². The topological polar surface area (TPSA) is 81.1 Å². The van der Waals surface area contributed by atoms with Gasteiger partial charge in [0, 0.05) is 23.7 Å². The van der Waals surface area contributed by atoms with E-state index in [0.29, 0.717) is 17.7 Å². The molecule has 7 heteroatoms. The Morgan fingerprint density at radius 3 is 2.56 bits per heavy atom. The number of ether oxygens (including phenoxy) is 1. The molecule has 3 rings (SSSR count). The molecule has 0 spiro atoms. The molecule has 27 heavy (non-hydrogen) atoms. The van der Waals surface area contributed by atoms with Crippen LogP contribution in [0, 0.1) is 6.92 Å². The van der Waals surface area contributed by atoms with Crippen molar-refractivity contribution in [3.63, 3.8) is 0 Å². The highest BCUT2D eigenvalue weighted by molar-refractivity contribution is 6.04. The van der Waals surface area contributed by atoms with Crippen LogP contribution < -0.4 is 0 Å². The van der Waals surface area contributed by atoms with Crippen LogP contribution >= 0.6 is 0 Å². The van der Waals surface area contributed by atoms with Crippen molar-refractivity contribution in [1.82, 2.24) is 9.88 Å². The number of rotatable bonds is 4. The Morgan fingerprint density at radius 2 is 1.93 bits per heavy atom. The van der Waals surface area contributed by atoms with E-state index >= 15 is 0 Å². The van der Waals surface area contributed by atoms with Crippen LogP contribution in [0.15, 0.2) is 47.8 Å². The van der Waals surface area contributed by atoms with Gasteiger partial charge in [-0.25, -0.2) is 4.79 Å². The molecular weight excluding hydrogens is 346 g/mol. The van der Waals surface area contributed by atoms with Gasteiger partial charge in [-0.3, -0.25) is 9.78 Å². The Morgan fingerprint density at radius 1 is 1.19 bits per heavy atom. The third-order valence-electron chi connectivity index (χ3n) is 4.53. The zero-order valence-electron chi connectivity index (χ0n) is 15.5. The molecule has 1 aromatic heterocycles. The van der Waals surface area contributed by atoms with E-state index in [1.807, 2.05) is 31.2 Å². The first kappa shape index (κ1) is 18.6. The number of benzene rings is 1. The number of aromatic nitrogens is 1. The third kappa shape index (κ3) is 3.81. The summed E-state index contributed by atoms with van der Waals surface area (Å²) in [4.78, 5) is 35.7. The minimum absolute atomic E-state index is 0.230. The average Bonchev–Trinajstić information content (AvgIpc) is 3.11. The Balaban J connectivity index is 1.85. The van der Waals surface area contributed by atoms with Crippen molar-refractivity contribution in [2.24, 2.45) is 5.16 Å². The summed E-state index contributed by atoms with van der Waals surface area (Å²) in [5, 5.41) is 3.89. The van der Waals surface area contributed by atoms with Gasteiger partial charge >= 0.3 is 5.97 Å². The van der Waals surface area contributed by atoms with Crippen LogP contribution in [0.5, 0.6) is 0 Å². The van der Waals surface area contributed by atoms with Crippen LogP contribution in [0.2, 0.25) is 0 Å². The number of likely N-dealkylation sites (tertiary alicyclic amines) is 1. The standard InChI is InChI=1S/C20H21N3O4/c1-13-5-4-10-21-18(13)14-6-8-15(9-7-14)19(24)23-12-16(22-27-3)11-17(23)20(25)26-2/h4-10,17H,11-12H2,1-3H3/t17-/m0/s1. The van der Waals surface area contributed by atoms with Gasteiger partial charge in [-0.05, 0) is 30.7 Å². The molecule has 0 unspecified atom stereocenters. The second-order valence-corrected chi connectivity index (χ2v) is 6.26. The predicted octanol–water partition coefficient (Wildman–Crippen LogP) is 2.45. The first-order valence-corrected chi connectivity index (χ1v) is 8.55. The maximum Gasteiger partial charge on any atom is 0.329 e. The van der Waals surface area contributed by atoms with E-state index in [-0.39, 0.29) is 12.5 Å². The van der Waals surface area contributed by atoms with Gasteiger partial charge in [0.1, 0.15) is 13.2 Å². The van der Waals surface area contributed by atoms with Gasteiger partial charge in [-0.15, -0.1) is 0 Å². The van der Waals surface area contributed by atoms with E-state index in [2.05, 4.69) is 10.1 Å². The molecule has 0 bridgehead atoms. The van der Waals surface area contributed by atoms with Gasteiger partial charge in [-0.1, -0.05) is 23.4 Å². The van der Waals surface area contributed by atoms with Crippen LogP contribution in [0.25, 0.3) is 11.3 Å². The van der Waals surface area contributed by atoms with Crippen molar-refractivity contribution >= 4 is 17.6 Å². The molecule has 1 saturated heterocycles. The molecule has 1 aromatic carbocycles. The summed E-state index contributed by atoms with van der Waals surface area (Å²) in [6, 6.07) is 10.4. The molecule has 0 aliphatic carbocycles. The highest BCUT2D eigenvalue weighted by Crippen LogP contribution is 2.24. The van der Waals surface area contributed by atoms with Crippen LogP contribution in [0.3, 0.4) is 0 Å². The fourth-order valence-corrected chi connectivity index (χ4v) is 3.18. The third-order valence-corrected chi connectivity index (χ3v) is 4.53. The number of hydrogen-bond acceptors (Lipinski definition) is 6. The highest BCUT2D eigenvalue weighted by Gasteiger charge is 2.39. The number of carbonyl (C=O) groups excluding carboxylic acids is 2. The van der Waals surface area contributed by atoms with Gasteiger partial charge in [0.05, 0.1) is 25.1 Å². The summed E-state index contributed by atoms with van der Waals surface area (Å²) in [7, 11) is 2.74. The van der Waals surface area contributed by atoms with E-state index in [4.69, 9.17) is 9.57 Å². The molecule has 1 fully saturated rings. The monoisotopic (exact) mass is 367 g/mol. The molecule has 1 amide bonds. The van der Waals surface area contributed by atoms with Crippen molar-refractivity contribution in [2.45, 2.75) is 19.4 Å². The van der Waals surface area contributed by atoms with Gasteiger partial charge in [-0.2, -0.15) is 0 Å². The van der Waals surface area contributed by atoms with Gasteiger partial charge in [0.25, 0.3) is 5.91 Å². The van der Waals surface area contributed by atoms with Crippen LogP contribution in [0.4, 0.5) is 0 Å². The Labute approximate surface area is 157 Å². The van der Waals surface area contributed by atoms with Crippen molar-refractivity contribution in [3.05, 3.63) is 53.7 Å². The average molecular weight is 367 g/mol. The SMILES string of the molecule is CON=C1C[C@@H](C(=O)OC)N(C(=O)c2ccc(-c3ncccc3C)cc2)C1. The normalized spacial score (nSPS) is 17.8. The number of methoxy groups -OCH3 is 1. The number of hydrogen-bond donors (Lipinski definition) is 0. The van der Waals surface area contributed by atoms with Crippen LogP contribution in [0.1, 0.15) is 22.3 Å². The Bertz CT molecular complexity index is 877. The number of oxime groups is 1. The lowest BCUT2D eigenvalue weighted by Gasteiger charge is -2.22. The number of pyridine rings is 1. The van der Waals surface area contributed by atoms with Gasteiger partial charge in [0.2, 0.25) is 0 Å². The quantitative estimate of drug-likeness (QED) is 0.612. The lowest BCUT2D eigenvalue weighted by Crippen LogP contribution is -2.41. The summed E-state index contributed by atoms with van der Waals surface area (Å²) in [5.74, 6) is -0.721. The summed E-state index contributed by atoms with van der Waals surface area (Å²) >= 11 is 0. The van der Waals surface area contributed by atoms with E-state index < -0.39 is 12.0 Å². The lowest BCUT2D eigenvalue weighted by molar-refractivity contribution is -0.145. The minimum atomic E-state index is -0.700. The Hall–Kier alpha value is -3.22. The van der Waals surface area contributed by atoms with Crippen LogP contribution in [-0.4, -0.2) is 54.3 Å². The van der Waals surface area contributed by atoms with Crippen molar-refractivity contribution in [3.8, 4) is 11.3 Å². The molecule has 1 aliphatic rings. The van der Waals surface area contributed by atoms with E-state index in [1.165, 1.54) is 19.1 Å². The molecule has 140 valence electrons. The molecule has 1 atom stereocenters. The molecular formula is C20H21N3O4. The van der Waals surface area contributed by atoms with Crippen molar-refractivity contribution < 1.29 is 19.2 Å². The molecule has 7 nitrogen and oxygen atoms in total. The van der Waals surface area contributed by atoms with Gasteiger partial charge in [0.15, 0.2) is 0 Å². The first-order valence-electron chi connectivity index (χ1n) is 8.55. The largest absolute Gasteiger partial charge is 0.467 e. The predicted molar refractivity (Wildman–Crippen MR) is 100 cm³/mol. The smallest absolute Gasteiger partial charge is 0.329 e. The first-order chi connectivity index (χ1) is 13.0. The molecule has 1 aliphatic heterocycles. The summed E-state index contributed by atoms with van der Waals surface area (Å²) in [6.07, 6.45) is 2.04. The Kier molecular flexibility index (Phi) is 5.49. The molecule has 0 saturated carbocycles. The number of aryl methyl sites for hydroxylation is 1.